The molecule has 0 saturated heterocycles. The van der Waals surface area contributed by atoms with Crippen molar-refractivity contribution < 1.29 is 13.6 Å². The third-order valence-electron chi connectivity index (χ3n) is 3.81. The minimum absolute atomic E-state index is 0.0815. The number of hydrogen-bond acceptors (Lipinski definition) is 5. The van der Waals surface area contributed by atoms with E-state index in [1.165, 1.54) is 11.1 Å². The Morgan fingerprint density at radius 2 is 1.88 bits per heavy atom. The lowest BCUT2D eigenvalue weighted by Crippen LogP contribution is -2.12. The SMILES string of the molecule is Cc1ccc(Cc2nnc(NC(=O)c3cc(C)oc3C)o2)c(C)c1. The van der Waals surface area contributed by atoms with Crippen LogP contribution in [0.15, 0.2) is 33.1 Å². The normalized spacial score (nSPS) is 10.8. The van der Waals surface area contributed by atoms with Crippen molar-refractivity contribution >= 4 is 11.9 Å². The van der Waals surface area contributed by atoms with E-state index in [0.717, 1.165) is 5.56 Å². The lowest BCUT2D eigenvalue weighted by atomic mass is 10.0. The maximum atomic E-state index is 12.2. The fraction of sp³-hybridized carbons (Fsp3) is 0.278. The summed E-state index contributed by atoms with van der Waals surface area (Å²) in [4.78, 5) is 12.2. The van der Waals surface area contributed by atoms with Crippen LogP contribution in [0.1, 0.15) is 44.5 Å². The van der Waals surface area contributed by atoms with Crippen LogP contribution < -0.4 is 5.32 Å². The summed E-state index contributed by atoms with van der Waals surface area (Å²) in [5.41, 5.74) is 3.95. The predicted molar refractivity (Wildman–Crippen MR) is 89.2 cm³/mol. The Balaban J connectivity index is 1.71. The molecule has 0 aliphatic heterocycles. The van der Waals surface area contributed by atoms with Gasteiger partial charge < -0.3 is 8.83 Å². The molecule has 1 amide bonds. The zero-order valence-corrected chi connectivity index (χ0v) is 14.1. The monoisotopic (exact) mass is 325 g/mol. The summed E-state index contributed by atoms with van der Waals surface area (Å²) >= 11 is 0. The topological polar surface area (TPSA) is 81.2 Å². The molecule has 0 aliphatic carbocycles. The van der Waals surface area contributed by atoms with Crippen LogP contribution in [0.25, 0.3) is 0 Å². The first-order valence-electron chi connectivity index (χ1n) is 7.69. The van der Waals surface area contributed by atoms with Crippen molar-refractivity contribution in [3.05, 3.63) is 63.9 Å². The highest BCUT2D eigenvalue weighted by molar-refractivity contribution is 6.03. The molecule has 0 radical (unpaired) electrons. The number of anilines is 1. The molecule has 0 bridgehead atoms. The zero-order valence-electron chi connectivity index (χ0n) is 14.1. The van der Waals surface area contributed by atoms with Gasteiger partial charge in [-0.05, 0) is 44.9 Å². The van der Waals surface area contributed by atoms with Crippen LogP contribution in [0.5, 0.6) is 0 Å². The number of hydrogen-bond donors (Lipinski definition) is 1. The number of nitrogens with zero attached hydrogens (tertiary/aromatic N) is 2. The third-order valence-corrected chi connectivity index (χ3v) is 3.81. The third kappa shape index (κ3) is 3.37. The molecule has 24 heavy (non-hydrogen) atoms. The summed E-state index contributed by atoms with van der Waals surface area (Å²) in [5, 5.41) is 10.5. The average molecular weight is 325 g/mol. The molecule has 3 rings (SSSR count). The molecular formula is C18H19N3O3. The molecule has 124 valence electrons. The first-order valence-corrected chi connectivity index (χ1v) is 7.69. The lowest BCUT2D eigenvalue weighted by molar-refractivity contribution is 0.102. The van der Waals surface area contributed by atoms with Gasteiger partial charge in [0.25, 0.3) is 5.91 Å². The Kier molecular flexibility index (Phi) is 4.20. The first-order chi connectivity index (χ1) is 11.4. The van der Waals surface area contributed by atoms with E-state index in [1.807, 2.05) is 19.1 Å². The number of nitrogens with one attached hydrogen (secondary N) is 1. The first kappa shape index (κ1) is 16.0. The Hall–Kier alpha value is -2.89. The number of carbonyl (C=O) groups is 1. The van der Waals surface area contributed by atoms with E-state index in [4.69, 9.17) is 8.83 Å². The second-order valence-corrected chi connectivity index (χ2v) is 5.89. The number of aryl methyl sites for hydroxylation is 4. The quantitative estimate of drug-likeness (QED) is 0.790. The smallest absolute Gasteiger partial charge is 0.322 e. The van der Waals surface area contributed by atoms with Crippen molar-refractivity contribution in [2.45, 2.75) is 34.1 Å². The van der Waals surface area contributed by atoms with Crippen molar-refractivity contribution in [2.24, 2.45) is 0 Å². The largest absolute Gasteiger partial charge is 0.466 e. The fourth-order valence-corrected chi connectivity index (χ4v) is 2.60. The van der Waals surface area contributed by atoms with Gasteiger partial charge in [-0.25, -0.2) is 0 Å². The number of amides is 1. The molecule has 0 spiro atoms. The molecule has 3 aromatic rings. The number of aromatic nitrogens is 2. The van der Waals surface area contributed by atoms with Crippen LogP contribution in [-0.4, -0.2) is 16.1 Å². The Morgan fingerprint density at radius 1 is 1.08 bits per heavy atom. The second kappa shape index (κ2) is 6.31. The molecule has 1 N–H and O–H groups in total. The minimum atomic E-state index is -0.328. The van der Waals surface area contributed by atoms with Gasteiger partial charge in [-0.2, -0.15) is 0 Å². The summed E-state index contributed by atoms with van der Waals surface area (Å²) in [5.74, 6) is 1.36. The molecule has 0 atom stereocenters. The molecule has 6 nitrogen and oxygen atoms in total. The van der Waals surface area contributed by atoms with Gasteiger partial charge in [-0.3, -0.25) is 10.1 Å². The van der Waals surface area contributed by atoms with Gasteiger partial charge in [0.05, 0.1) is 12.0 Å². The van der Waals surface area contributed by atoms with E-state index in [1.54, 1.807) is 19.9 Å². The number of furan rings is 1. The van der Waals surface area contributed by atoms with E-state index in [9.17, 15) is 4.79 Å². The van der Waals surface area contributed by atoms with Crippen LogP contribution in [0, 0.1) is 27.7 Å². The summed E-state index contributed by atoms with van der Waals surface area (Å²) in [7, 11) is 0. The Bertz CT molecular complexity index is 893. The van der Waals surface area contributed by atoms with Crippen molar-refractivity contribution in [2.75, 3.05) is 5.32 Å². The van der Waals surface area contributed by atoms with Crippen LogP contribution >= 0.6 is 0 Å². The van der Waals surface area contributed by atoms with Crippen molar-refractivity contribution in [3.63, 3.8) is 0 Å². The highest BCUT2D eigenvalue weighted by Crippen LogP contribution is 2.18. The minimum Gasteiger partial charge on any atom is -0.466 e. The van der Waals surface area contributed by atoms with Gasteiger partial charge in [0, 0.05) is 0 Å². The highest BCUT2D eigenvalue weighted by atomic mass is 16.4. The van der Waals surface area contributed by atoms with E-state index in [2.05, 4.69) is 28.5 Å². The van der Waals surface area contributed by atoms with Crippen LogP contribution in [0.4, 0.5) is 6.01 Å². The van der Waals surface area contributed by atoms with E-state index in [-0.39, 0.29) is 11.9 Å². The van der Waals surface area contributed by atoms with Gasteiger partial charge in [0.15, 0.2) is 0 Å². The summed E-state index contributed by atoms with van der Waals surface area (Å²) in [6, 6.07) is 7.96. The van der Waals surface area contributed by atoms with Crippen LogP contribution in [0.2, 0.25) is 0 Å². The predicted octanol–water partition coefficient (Wildman–Crippen LogP) is 3.74. The van der Waals surface area contributed by atoms with Crippen LogP contribution in [0.3, 0.4) is 0 Å². The standard InChI is InChI=1S/C18H19N3O3/c1-10-5-6-14(11(2)7-10)9-16-20-21-18(24-16)19-17(22)15-8-12(3)23-13(15)4/h5-8H,9H2,1-4H3,(H,19,21,22). The molecular weight excluding hydrogens is 306 g/mol. The van der Waals surface area contributed by atoms with Crippen molar-refractivity contribution in [3.8, 4) is 0 Å². The highest BCUT2D eigenvalue weighted by Gasteiger charge is 2.17. The number of rotatable bonds is 4. The Labute approximate surface area is 139 Å². The fourth-order valence-electron chi connectivity index (χ4n) is 2.60. The average Bonchev–Trinajstić information content (AvgIpc) is 3.08. The Morgan fingerprint density at radius 3 is 2.54 bits per heavy atom. The van der Waals surface area contributed by atoms with Crippen molar-refractivity contribution in [1.29, 1.82) is 0 Å². The molecule has 0 saturated carbocycles. The molecule has 6 heteroatoms. The maximum Gasteiger partial charge on any atom is 0.322 e. The summed E-state index contributed by atoms with van der Waals surface area (Å²) in [6.07, 6.45) is 0.527. The van der Waals surface area contributed by atoms with Gasteiger partial charge in [0.1, 0.15) is 11.5 Å². The number of benzene rings is 1. The molecule has 2 aromatic heterocycles. The van der Waals surface area contributed by atoms with E-state index >= 15 is 0 Å². The van der Waals surface area contributed by atoms with Gasteiger partial charge in [-0.15, -0.1) is 5.10 Å². The summed E-state index contributed by atoms with van der Waals surface area (Å²) < 4.78 is 10.9. The van der Waals surface area contributed by atoms with Crippen molar-refractivity contribution in [1.82, 2.24) is 10.2 Å². The molecule has 0 fully saturated rings. The summed E-state index contributed by atoms with van der Waals surface area (Å²) in [6.45, 7) is 7.63. The zero-order chi connectivity index (χ0) is 17.3. The van der Waals surface area contributed by atoms with Gasteiger partial charge in [0.2, 0.25) is 5.89 Å². The maximum absolute atomic E-state index is 12.2. The van der Waals surface area contributed by atoms with Gasteiger partial charge >= 0.3 is 6.01 Å². The van der Waals surface area contributed by atoms with Crippen LogP contribution in [-0.2, 0) is 6.42 Å². The van der Waals surface area contributed by atoms with E-state index in [0.29, 0.717) is 29.4 Å². The second-order valence-electron chi connectivity index (χ2n) is 5.89. The van der Waals surface area contributed by atoms with Gasteiger partial charge in [-0.1, -0.05) is 28.9 Å². The molecule has 2 heterocycles. The number of carbonyl (C=O) groups excluding carboxylic acids is 1. The molecule has 1 aromatic carbocycles. The van der Waals surface area contributed by atoms with E-state index < -0.39 is 0 Å². The molecule has 0 aliphatic rings. The molecule has 0 unspecified atom stereocenters. The lowest BCUT2D eigenvalue weighted by Gasteiger charge is -2.03.